The maximum atomic E-state index is 12.6. The van der Waals surface area contributed by atoms with Crippen LogP contribution in [0.4, 0.5) is 5.69 Å². The van der Waals surface area contributed by atoms with Gasteiger partial charge in [-0.2, -0.15) is 0 Å². The number of unbranched alkanes of at least 4 members (excludes halogenated alkanes) is 4. The van der Waals surface area contributed by atoms with Gasteiger partial charge in [-0.3, -0.25) is 9.59 Å². The minimum atomic E-state index is -1.13. The molecule has 200 valence electrons. The number of carbonyl (C=O) groups excluding carboxylic acids is 3. The molecule has 2 aromatic carbocycles. The number of rotatable bonds is 16. The highest BCUT2D eigenvalue weighted by molar-refractivity contribution is 5.93. The van der Waals surface area contributed by atoms with Crippen molar-refractivity contribution in [2.24, 2.45) is 5.92 Å². The Morgan fingerprint density at radius 2 is 1.59 bits per heavy atom. The van der Waals surface area contributed by atoms with Gasteiger partial charge in [-0.05, 0) is 42.2 Å². The number of hydrogen-bond donors (Lipinski definition) is 3. The number of carboxylic acid groups (broad SMARTS) is 1. The molecule has 2 aromatic rings. The van der Waals surface area contributed by atoms with E-state index in [9.17, 15) is 24.3 Å². The second kappa shape index (κ2) is 15.6. The molecule has 0 aliphatic carbocycles. The molecule has 7 nitrogen and oxygen atoms in total. The molecule has 0 saturated heterocycles. The van der Waals surface area contributed by atoms with E-state index in [-0.39, 0.29) is 36.9 Å². The first-order valence-electron chi connectivity index (χ1n) is 13.2. The van der Waals surface area contributed by atoms with Gasteiger partial charge in [0, 0.05) is 30.9 Å². The number of carbonyl (C=O) groups is 4. The first-order chi connectivity index (χ1) is 17.7. The van der Waals surface area contributed by atoms with Gasteiger partial charge in [0.25, 0.3) is 0 Å². The molecule has 0 bridgehead atoms. The highest BCUT2D eigenvalue weighted by Crippen LogP contribution is 2.24. The summed E-state index contributed by atoms with van der Waals surface area (Å²) in [6, 6.07) is 14.0. The van der Waals surface area contributed by atoms with Crippen LogP contribution in [0.15, 0.2) is 48.5 Å². The van der Waals surface area contributed by atoms with Crippen molar-refractivity contribution in [2.75, 3.05) is 5.32 Å². The lowest BCUT2D eigenvalue weighted by Gasteiger charge is -2.15. The van der Waals surface area contributed by atoms with Crippen molar-refractivity contribution in [1.29, 1.82) is 0 Å². The average molecular weight is 509 g/mol. The van der Waals surface area contributed by atoms with Crippen LogP contribution in [0.3, 0.4) is 0 Å². The van der Waals surface area contributed by atoms with Crippen LogP contribution in [0.25, 0.3) is 11.1 Å². The smallest absolute Gasteiger partial charge is 0.326 e. The van der Waals surface area contributed by atoms with Crippen molar-refractivity contribution in [3.05, 3.63) is 54.1 Å². The first kappa shape index (κ1) is 29.7. The Morgan fingerprint density at radius 1 is 0.892 bits per heavy atom. The van der Waals surface area contributed by atoms with E-state index in [0.29, 0.717) is 0 Å². The number of amides is 2. The maximum Gasteiger partial charge on any atom is 0.326 e. The molecule has 7 heteroatoms. The molecule has 0 aliphatic rings. The molecule has 0 aliphatic heterocycles. The van der Waals surface area contributed by atoms with Crippen LogP contribution in [0.1, 0.15) is 77.7 Å². The number of aliphatic carboxylic acids is 1. The second-order valence-electron chi connectivity index (χ2n) is 9.74. The molecular weight excluding hydrogens is 468 g/mol. The van der Waals surface area contributed by atoms with Gasteiger partial charge in [-0.1, -0.05) is 82.3 Å². The van der Waals surface area contributed by atoms with Crippen LogP contribution in [-0.4, -0.2) is 34.7 Å². The fraction of sp³-hybridized carbons (Fsp3) is 0.467. The molecule has 0 heterocycles. The molecule has 2 atom stereocenters. The highest BCUT2D eigenvalue weighted by Gasteiger charge is 2.20. The van der Waals surface area contributed by atoms with Crippen molar-refractivity contribution >= 4 is 29.3 Å². The predicted molar refractivity (Wildman–Crippen MR) is 146 cm³/mol. The van der Waals surface area contributed by atoms with Gasteiger partial charge in [-0.15, -0.1) is 0 Å². The molecule has 3 N–H and O–H groups in total. The lowest BCUT2D eigenvalue weighted by molar-refractivity contribution is -0.141. The number of hydrogen-bond acceptors (Lipinski definition) is 4. The van der Waals surface area contributed by atoms with Crippen LogP contribution in [0.5, 0.6) is 0 Å². The molecule has 2 unspecified atom stereocenters. The second-order valence-corrected chi connectivity index (χ2v) is 9.74. The summed E-state index contributed by atoms with van der Waals surface area (Å²) >= 11 is 0. The van der Waals surface area contributed by atoms with Crippen molar-refractivity contribution in [3.63, 3.8) is 0 Å². The van der Waals surface area contributed by atoms with E-state index in [1.165, 1.54) is 26.2 Å². The largest absolute Gasteiger partial charge is 0.480 e. The summed E-state index contributed by atoms with van der Waals surface area (Å²) in [4.78, 5) is 47.3. The standard InChI is InChI=1S/C30H40N2O5/c1-4-5-6-7-8-10-21(2)29(35)31-26-12-9-11-25(20-26)24-16-14-23(15-17-24)19-27(30(36)37)32-28(34)18-13-22(3)33/h9,11-12,14-17,20-21,27H,4-8,10,13,18-19H2,1-3H3,(H,31,35)(H,32,34)(H,36,37). The zero-order valence-corrected chi connectivity index (χ0v) is 22.2. The van der Waals surface area contributed by atoms with E-state index in [4.69, 9.17) is 0 Å². The van der Waals surface area contributed by atoms with Gasteiger partial charge in [0.15, 0.2) is 0 Å². The molecule has 0 spiro atoms. The van der Waals surface area contributed by atoms with Crippen LogP contribution < -0.4 is 10.6 Å². The number of anilines is 1. The fourth-order valence-corrected chi connectivity index (χ4v) is 4.05. The van der Waals surface area contributed by atoms with E-state index < -0.39 is 17.9 Å². The molecule has 37 heavy (non-hydrogen) atoms. The van der Waals surface area contributed by atoms with Crippen molar-refractivity contribution < 1.29 is 24.3 Å². The summed E-state index contributed by atoms with van der Waals surface area (Å²) in [7, 11) is 0. The Hall–Kier alpha value is -3.48. The van der Waals surface area contributed by atoms with Gasteiger partial charge in [-0.25, -0.2) is 4.79 Å². The van der Waals surface area contributed by atoms with Gasteiger partial charge in [0.1, 0.15) is 11.8 Å². The third-order valence-corrected chi connectivity index (χ3v) is 6.38. The van der Waals surface area contributed by atoms with Crippen LogP contribution in [-0.2, 0) is 25.6 Å². The minimum absolute atomic E-state index is 0.0213. The first-order valence-corrected chi connectivity index (χ1v) is 13.2. The molecular formula is C30H40N2O5. The molecule has 2 amide bonds. The Labute approximate surface area is 220 Å². The Kier molecular flexibility index (Phi) is 12.5. The van der Waals surface area contributed by atoms with Gasteiger partial charge in [0.05, 0.1) is 0 Å². The molecule has 0 saturated carbocycles. The van der Waals surface area contributed by atoms with E-state index >= 15 is 0 Å². The SMILES string of the molecule is CCCCCCCC(C)C(=O)Nc1cccc(-c2ccc(CC(NC(=O)CCC(C)=O)C(=O)O)cc2)c1. The third-order valence-electron chi connectivity index (χ3n) is 6.38. The summed E-state index contributed by atoms with van der Waals surface area (Å²) in [6.07, 6.45) is 6.97. The zero-order valence-electron chi connectivity index (χ0n) is 22.2. The average Bonchev–Trinajstić information content (AvgIpc) is 2.87. The van der Waals surface area contributed by atoms with Crippen LogP contribution in [0, 0.1) is 5.92 Å². The number of carboxylic acids is 1. The minimum Gasteiger partial charge on any atom is -0.480 e. The summed E-state index contributed by atoms with van der Waals surface area (Å²) in [5.41, 5.74) is 3.37. The monoisotopic (exact) mass is 508 g/mol. The summed E-state index contributed by atoms with van der Waals surface area (Å²) in [5, 5.41) is 15.0. The summed E-state index contributed by atoms with van der Waals surface area (Å²) in [6.45, 7) is 5.55. The van der Waals surface area contributed by atoms with Crippen molar-refractivity contribution in [1.82, 2.24) is 5.32 Å². The number of nitrogens with one attached hydrogen (secondary N) is 2. The number of benzene rings is 2. The Morgan fingerprint density at radius 3 is 2.24 bits per heavy atom. The summed E-state index contributed by atoms with van der Waals surface area (Å²) < 4.78 is 0. The van der Waals surface area contributed by atoms with Crippen molar-refractivity contribution in [3.8, 4) is 11.1 Å². The quantitative estimate of drug-likeness (QED) is 0.249. The van der Waals surface area contributed by atoms with Crippen molar-refractivity contribution in [2.45, 2.75) is 84.6 Å². The van der Waals surface area contributed by atoms with Crippen LogP contribution >= 0.6 is 0 Å². The zero-order chi connectivity index (χ0) is 27.2. The van der Waals surface area contributed by atoms with E-state index in [2.05, 4.69) is 17.6 Å². The predicted octanol–water partition coefficient (Wildman–Crippen LogP) is 5.77. The molecule has 0 aromatic heterocycles. The van der Waals surface area contributed by atoms with Gasteiger partial charge >= 0.3 is 5.97 Å². The topological polar surface area (TPSA) is 113 Å². The maximum absolute atomic E-state index is 12.6. The summed E-state index contributed by atoms with van der Waals surface area (Å²) in [5.74, 6) is -1.72. The number of Topliss-reactive ketones (excluding diaryl/α,β-unsaturated/α-hetero) is 1. The highest BCUT2D eigenvalue weighted by atomic mass is 16.4. The lowest BCUT2D eigenvalue weighted by Crippen LogP contribution is -2.42. The Balaban J connectivity index is 1.96. The normalized spacial score (nSPS) is 12.4. The molecule has 2 rings (SSSR count). The fourth-order valence-electron chi connectivity index (χ4n) is 4.05. The van der Waals surface area contributed by atoms with E-state index in [1.807, 2.05) is 55.5 Å². The molecule has 0 fully saturated rings. The third kappa shape index (κ3) is 11.0. The lowest BCUT2D eigenvalue weighted by atomic mass is 9.99. The van der Waals surface area contributed by atoms with Gasteiger partial charge in [0.2, 0.25) is 11.8 Å². The van der Waals surface area contributed by atoms with E-state index in [1.54, 1.807) is 0 Å². The number of ketones is 1. The van der Waals surface area contributed by atoms with Gasteiger partial charge < -0.3 is 20.5 Å². The Bertz CT molecular complexity index is 1050. The van der Waals surface area contributed by atoms with Crippen LogP contribution in [0.2, 0.25) is 0 Å². The molecule has 0 radical (unpaired) electrons. The van der Waals surface area contributed by atoms with E-state index in [0.717, 1.165) is 41.6 Å².